The molecule has 0 radical (unpaired) electrons. The maximum Gasteiger partial charge on any atom is 0.327 e. The molecule has 0 aromatic heterocycles. The summed E-state index contributed by atoms with van der Waals surface area (Å²) < 4.78 is 5.26. The van der Waals surface area contributed by atoms with Crippen molar-refractivity contribution in [3.05, 3.63) is 0 Å². The van der Waals surface area contributed by atoms with Crippen molar-refractivity contribution in [1.29, 1.82) is 0 Å². The molecular formula is C14H28N2O2. The van der Waals surface area contributed by atoms with E-state index in [0.717, 1.165) is 26.1 Å². The van der Waals surface area contributed by atoms with Gasteiger partial charge in [-0.25, -0.2) is 4.79 Å². The first-order chi connectivity index (χ1) is 8.41. The van der Waals surface area contributed by atoms with Crippen molar-refractivity contribution in [3.8, 4) is 0 Å². The average molecular weight is 256 g/mol. The molecule has 0 aliphatic carbocycles. The summed E-state index contributed by atoms with van der Waals surface area (Å²) >= 11 is 0. The van der Waals surface area contributed by atoms with Gasteiger partial charge in [-0.1, -0.05) is 13.8 Å². The summed E-state index contributed by atoms with van der Waals surface area (Å²) in [4.78, 5) is 14.6. The summed E-state index contributed by atoms with van der Waals surface area (Å²) in [5.41, 5.74) is -0.495. The number of carbonyl (C=O) groups is 1. The molecule has 1 aliphatic heterocycles. The van der Waals surface area contributed by atoms with E-state index < -0.39 is 5.54 Å². The molecule has 1 heterocycles. The molecule has 0 amide bonds. The lowest BCUT2D eigenvalue weighted by molar-refractivity contribution is -0.150. The molecule has 18 heavy (non-hydrogen) atoms. The van der Waals surface area contributed by atoms with E-state index in [1.807, 2.05) is 6.92 Å². The Morgan fingerprint density at radius 2 is 2.06 bits per heavy atom. The number of hydrogen-bond acceptors (Lipinski definition) is 4. The van der Waals surface area contributed by atoms with E-state index in [9.17, 15) is 4.79 Å². The van der Waals surface area contributed by atoms with E-state index in [2.05, 4.69) is 37.9 Å². The summed E-state index contributed by atoms with van der Waals surface area (Å²) in [5.74, 6) is 0.443. The third kappa shape index (κ3) is 3.69. The van der Waals surface area contributed by atoms with Crippen LogP contribution in [0.4, 0.5) is 0 Å². The van der Waals surface area contributed by atoms with Crippen LogP contribution in [0.2, 0.25) is 0 Å². The number of hydrogen-bond donors (Lipinski definition) is 1. The first kappa shape index (κ1) is 15.4. The highest BCUT2D eigenvalue weighted by Gasteiger charge is 2.46. The molecule has 1 unspecified atom stereocenters. The van der Waals surface area contributed by atoms with Crippen molar-refractivity contribution in [1.82, 2.24) is 10.2 Å². The number of esters is 1. The Morgan fingerprint density at radius 3 is 2.50 bits per heavy atom. The maximum absolute atomic E-state index is 12.2. The maximum atomic E-state index is 12.2. The van der Waals surface area contributed by atoms with Gasteiger partial charge in [0.25, 0.3) is 0 Å². The monoisotopic (exact) mass is 256 g/mol. The molecule has 1 fully saturated rings. The predicted octanol–water partition coefficient (Wildman–Crippen LogP) is 1.65. The van der Waals surface area contributed by atoms with Crippen LogP contribution in [0.5, 0.6) is 0 Å². The highest BCUT2D eigenvalue weighted by Crippen LogP contribution is 2.25. The van der Waals surface area contributed by atoms with Crippen LogP contribution in [0.3, 0.4) is 0 Å². The number of nitrogens with zero attached hydrogens (tertiary/aromatic N) is 1. The zero-order valence-corrected chi connectivity index (χ0v) is 12.5. The van der Waals surface area contributed by atoms with Gasteiger partial charge < -0.3 is 10.1 Å². The first-order valence-electron chi connectivity index (χ1n) is 7.07. The van der Waals surface area contributed by atoms with Crippen LogP contribution in [0.1, 0.15) is 41.0 Å². The van der Waals surface area contributed by atoms with Crippen molar-refractivity contribution in [3.63, 3.8) is 0 Å². The van der Waals surface area contributed by atoms with E-state index in [1.54, 1.807) is 0 Å². The summed E-state index contributed by atoms with van der Waals surface area (Å²) in [6, 6.07) is 0.474. The average Bonchev–Trinajstić information content (AvgIpc) is 2.72. The molecule has 1 aliphatic rings. The molecule has 4 nitrogen and oxygen atoms in total. The summed E-state index contributed by atoms with van der Waals surface area (Å²) in [6.07, 6.45) is 0.844. The normalized spacial score (nSPS) is 25.1. The zero-order valence-electron chi connectivity index (χ0n) is 12.5. The smallest absolute Gasteiger partial charge is 0.327 e. The fraction of sp³-hybridized carbons (Fsp3) is 0.929. The lowest BCUT2D eigenvalue weighted by atomic mass is 9.97. The minimum absolute atomic E-state index is 0.0891. The Balaban J connectivity index is 2.73. The highest BCUT2D eigenvalue weighted by atomic mass is 16.5. The van der Waals surface area contributed by atoms with Crippen molar-refractivity contribution in [2.75, 3.05) is 26.2 Å². The lowest BCUT2D eigenvalue weighted by Crippen LogP contribution is -2.56. The second-order valence-electron chi connectivity index (χ2n) is 5.89. The Kier molecular flexibility index (Phi) is 5.60. The van der Waals surface area contributed by atoms with Gasteiger partial charge in [0.1, 0.15) is 5.54 Å². The minimum Gasteiger partial charge on any atom is -0.465 e. The quantitative estimate of drug-likeness (QED) is 0.734. The van der Waals surface area contributed by atoms with E-state index in [4.69, 9.17) is 4.74 Å². The number of ether oxygens (including phenoxy) is 1. The third-order valence-corrected chi connectivity index (χ3v) is 3.54. The summed E-state index contributed by atoms with van der Waals surface area (Å²) in [7, 11) is 0. The van der Waals surface area contributed by atoms with Crippen LogP contribution in [0.25, 0.3) is 0 Å². The lowest BCUT2D eigenvalue weighted by Gasteiger charge is -2.30. The predicted molar refractivity (Wildman–Crippen MR) is 73.5 cm³/mol. The van der Waals surface area contributed by atoms with E-state index in [0.29, 0.717) is 18.6 Å². The topological polar surface area (TPSA) is 41.6 Å². The largest absolute Gasteiger partial charge is 0.465 e. The molecule has 4 heteroatoms. The van der Waals surface area contributed by atoms with E-state index >= 15 is 0 Å². The van der Waals surface area contributed by atoms with Gasteiger partial charge in [0.2, 0.25) is 0 Å². The van der Waals surface area contributed by atoms with Crippen LogP contribution in [0, 0.1) is 5.92 Å². The Hall–Kier alpha value is -0.610. The molecule has 1 N–H and O–H groups in total. The van der Waals surface area contributed by atoms with Crippen LogP contribution < -0.4 is 5.32 Å². The first-order valence-corrected chi connectivity index (χ1v) is 7.07. The number of carbonyl (C=O) groups excluding carboxylic acids is 1. The van der Waals surface area contributed by atoms with Crippen molar-refractivity contribution in [2.24, 2.45) is 5.92 Å². The van der Waals surface area contributed by atoms with Crippen LogP contribution in [0.15, 0.2) is 0 Å². The molecule has 0 aromatic rings. The van der Waals surface area contributed by atoms with Crippen LogP contribution in [-0.2, 0) is 9.53 Å². The van der Waals surface area contributed by atoms with Gasteiger partial charge in [-0.3, -0.25) is 4.90 Å². The summed E-state index contributed by atoms with van der Waals surface area (Å²) in [6.45, 7) is 13.5. The third-order valence-electron chi connectivity index (χ3n) is 3.54. The molecule has 1 saturated heterocycles. The molecule has 0 spiro atoms. The number of rotatable bonds is 6. The number of likely N-dealkylation sites (tertiary alicyclic amines) is 1. The van der Waals surface area contributed by atoms with Crippen molar-refractivity contribution < 1.29 is 9.53 Å². The van der Waals surface area contributed by atoms with Gasteiger partial charge in [-0.15, -0.1) is 0 Å². The Bertz CT molecular complexity index is 279. The van der Waals surface area contributed by atoms with Gasteiger partial charge >= 0.3 is 5.97 Å². The second kappa shape index (κ2) is 6.53. The van der Waals surface area contributed by atoms with Crippen molar-refractivity contribution in [2.45, 2.75) is 52.6 Å². The standard InChI is InChI=1S/C14H28N2O2/c1-6-18-13(17)14(15-9-11(2)3)7-8-16(10-14)12(4)5/h11-12,15H,6-10H2,1-5H3. The molecule has 0 bridgehead atoms. The second-order valence-corrected chi connectivity index (χ2v) is 5.89. The fourth-order valence-electron chi connectivity index (χ4n) is 2.33. The summed E-state index contributed by atoms with van der Waals surface area (Å²) in [5, 5.41) is 3.45. The van der Waals surface area contributed by atoms with Gasteiger partial charge in [0.05, 0.1) is 6.61 Å². The molecule has 0 aromatic carbocycles. The van der Waals surface area contributed by atoms with Crippen LogP contribution >= 0.6 is 0 Å². The van der Waals surface area contributed by atoms with Crippen LogP contribution in [-0.4, -0.2) is 48.7 Å². The Labute approximate surface area is 111 Å². The van der Waals surface area contributed by atoms with Gasteiger partial charge in [-0.05, 0) is 39.7 Å². The molecule has 1 atom stereocenters. The minimum atomic E-state index is -0.495. The van der Waals surface area contributed by atoms with E-state index in [1.165, 1.54) is 0 Å². The highest BCUT2D eigenvalue weighted by molar-refractivity contribution is 5.81. The van der Waals surface area contributed by atoms with Gasteiger partial charge in [0.15, 0.2) is 0 Å². The molecule has 1 rings (SSSR count). The fourth-order valence-corrected chi connectivity index (χ4v) is 2.33. The SMILES string of the molecule is CCOC(=O)C1(NCC(C)C)CCN(C(C)C)C1. The van der Waals surface area contributed by atoms with Gasteiger partial charge in [-0.2, -0.15) is 0 Å². The van der Waals surface area contributed by atoms with E-state index in [-0.39, 0.29) is 5.97 Å². The van der Waals surface area contributed by atoms with Gasteiger partial charge in [0, 0.05) is 19.1 Å². The van der Waals surface area contributed by atoms with Crippen molar-refractivity contribution >= 4 is 5.97 Å². The molecular weight excluding hydrogens is 228 g/mol. The molecule has 0 saturated carbocycles. The zero-order chi connectivity index (χ0) is 13.8. The number of nitrogens with one attached hydrogen (secondary N) is 1. The Morgan fingerprint density at radius 1 is 1.39 bits per heavy atom. The molecule has 106 valence electrons.